The van der Waals surface area contributed by atoms with Gasteiger partial charge in [-0.2, -0.15) is 13.2 Å². The molecule has 2 rings (SSSR count). The van der Waals surface area contributed by atoms with Gasteiger partial charge in [-0.25, -0.2) is 4.98 Å². The second kappa shape index (κ2) is 8.89. The normalized spacial score (nSPS) is 12.5. The van der Waals surface area contributed by atoms with Crippen LogP contribution in [0.15, 0.2) is 18.2 Å². The Kier molecular flexibility index (Phi) is 6.83. The van der Waals surface area contributed by atoms with E-state index in [2.05, 4.69) is 15.6 Å². The molecule has 3 N–H and O–H groups in total. The first-order valence-electron chi connectivity index (χ1n) is 8.08. The number of halogens is 3. The van der Waals surface area contributed by atoms with E-state index in [9.17, 15) is 22.8 Å². The first-order valence-corrected chi connectivity index (χ1v) is 8.90. The van der Waals surface area contributed by atoms with Crippen molar-refractivity contribution in [3.63, 3.8) is 0 Å². The zero-order chi connectivity index (χ0) is 20.0. The van der Waals surface area contributed by atoms with Gasteiger partial charge in [-0.1, -0.05) is 18.3 Å². The maximum Gasteiger partial charge on any atom is 0.471 e. The summed E-state index contributed by atoms with van der Waals surface area (Å²) in [6.45, 7) is 2.00. The number of carbonyl (C=O) groups excluding carboxylic acids is 2. The first kappa shape index (κ1) is 20.7. The van der Waals surface area contributed by atoms with E-state index in [-0.39, 0.29) is 13.0 Å². The Labute approximate surface area is 157 Å². The van der Waals surface area contributed by atoms with Gasteiger partial charge in [-0.05, 0) is 24.6 Å². The first-order chi connectivity index (χ1) is 12.7. The minimum Gasteiger partial charge on any atom is -0.497 e. The summed E-state index contributed by atoms with van der Waals surface area (Å²) >= 11 is 1.41. The lowest BCUT2D eigenvalue weighted by Crippen LogP contribution is -2.50. The van der Waals surface area contributed by atoms with Crippen molar-refractivity contribution < 1.29 is 27.5 Å². The molecule has 2 amide bonds. The number of fused-ring (bicyclic) bond motifs is 1. The number of amides is 2. The van der Waals surface area contributed by atoms with Gasteiger partial charge in [0, 0.05) is 13.1 Å². The fourth-order valence-corrected chi connectivity index (χ4v) is 3.10. The SMILES string of the molecule is CCC(NC(=O)C(F)(F)F)C(=O)NCCNc1nc2ccc(OC)cc2s1. The maximum atomic E-state index is 12.3. The van der Waals surface area contributed by atoms with Crippen LogP contribution in [0.1, 0.15) is 13.3 Å². The van der Waals surface area contributed by atoms with E-state index < -0.39 is 24.0 Å². The summed E-state index contributed by atoms with van der Waals surface area (Å²) < 4.78 is 42.9. The maximum absolute atomic E-state index is 12.3. The molecule has 0 bridgehead atoms. The van der Waals surface area contributed by atoms with Crippen LogP contribution in [0, 0.1) is 0 Å². The smallest absolute Gasteiger partial charge is 0.471 e. The Morgan fingerprint density at radius 1 is 1.30 bits per heavy atom. The molecule has 0 spiro atoms. The average Bonchev–Trinajstić information content (AvgIpc) is 3.03. The number of anilines is 1. The van der Waals surface area contributed by atoms with Gasteiger partial charge < -0.3 is 20.7 Å². The summed E-state index contributed by atoms with van der Waals surface area (Å²) in [7, 11) is 1.57. The standard InChI is InChI=1S/C16H19F3N4O3S/c1-3-10(22-14(25)16(17,18)19)13(24)20-6-7-21-15-23-11-5-4-9(26-2)8-12(11)27-15/h4-5,8,10H,3,6-7H2,1-2H3,(H,20,24)(H,21,23)(H,22,25). The van der Waals surface area contributed by atoms with E-state index in [4.69, 9.17) is 4.74 Å². The summed E-state index contributed by atoms with van der Waals surface area (Å²) in [5.41, 5.74) is 0.799. The van der Waals surface area contributed by atoms with Crippen LogP contribution >= 0.6 is 11.3 Å². The van der Waals surface area contributed by atoms with E-state index in [1.807, 2.05) is 12.1 Å². The fourth-order valence-electron chi connectivity index (χ4n) is 2.18. The molecule has 1 atom stereocenters. The van der Waals surface area contributed by atoms with Crippen LogP contribution in [0.25, 0.3) is 10.2 Å². The number of hydrogen-bond donors (Lipinski definition) is 3. The van der Waals surface area contributed by atoms with Crippen LogP contribution in [0.2, 0.25) is 0 Å². The number of carbonyl (C=O) groups is 2. The van der Waals surface area contributed by atoms with Crippen LogP contribution in [0.4, 0.5) is 18.3 Å². The zero-order valence-corrected chi connectivity index (χ0v) is 15.5. The van der Waals surface area contributed by atoms with Crippen LogP contribution in [-0.4, -0.2) is 49.2 Å². The molecule has 0 saturated carbocycles. The topological polar surface area (TPSA) is 92.4 Å². The Morgan fingerprint density at radius 3 is 2.67 bits per heavy atom. The number of hydrogen-bond acceptors (Lipinski definition) is 6. The number of aromatic nitrogens is 1. The lowest BCUT2D eigenvalue weighted by Gasteiger charge is -2.17. The molecular weight excluding hydrogens is 385 g/mol. The number of ether oxygens (including phenoxy) is 1. The number of methoxy groups -OCH3 is 1. The molecule has 0 radical (unpaired) electrons. The van der Waals surface area contributed by atoms with Crippen LogP contribution in [-0.2, 0) is 9.59 Å². The Morgan fingerprint density at radius 2 is 2.04 bits per heavy atom. The number of thiazole rings is 1. The molecule has 148 valence electrons. The largest absolute Gasteiger partial charge is 0.497 e. The van der Waals surface area contributed by atoms with Crippen LogP contribution < -0.4 is 20.7 Å². The number of alkyl halides is 3. The number of nitrogens with one attached hydrogen (secondary N) is 3. The second-order valence-electron chi connectivity index (χ2n) is 5.50. The van der Waals surface area contributed by atoms with E-state index >= 15 is 0 Å². The van der Waals surface area contributed by atoms with Gasteiger partial charge in [0.1, 0.15) is 11.8 Å². The van der Waals surface area contributed by atoms with Gasteiger partial charge in [0.05, 0.1) is 17.3 Å². The highest BCUT2D eigenvalue weighted by molar-refractivity contribution is 7.22. The molecule has 27 heavy (non-hydrogen) atoms. The fraction of sp³-hybridized carbons (Fsp3) is 0.438. The predicted molar refractivity (Wildman–Crippen MR) is 95.9 cm³/mol. The molecule has 7 nitrogen and oxygen atoms in total. The lowest BCUT2D eigenvalue weighted by molar-refractivity contribution is -0.174. The van der Waals surface area contributed by atoms with Crippen molar-refractivity contribution in [3.05, 3.63) is 18.2 Å². The summed E-state index contributed by atoms with van der Waals surface area (Å²) in [6, 6.07) is 4.24. The highest BCUT2D eigenvalue weighted by Gasteiger charge is 2.40. The third-order valence-electron chi connectivity index (χ3n) is 3.58. The van der Waals surface area contributed by atoms with Gasteiger partial charge in [0.25, 0.3) is 0 Å². The summed E-state index contributed by atoms with van der Waals surface area (Å²) in [4.78, 5) is 27.2. The molecule has 1 aromatic carbocycles. The van der Waals surface area contributed by atoms with E-state index in [0.29, 0.717) is 11.7 Å². The number of nitrogens with zero attached hydrogens (tertiary/aromatic N) is 1. The molecule has 0 aliphatic carbocycles. The third kappa shape index (κ3) is 5.71. The van der Waals surface area contributed by atoms with Crippen LogP contribution in [0.5, 0.6) is 5.75 Å². The number of rotatable bonds is 8. The molecule has 1 unspecified atom stereocenters. The zero-order valence-electron chi connectivity index (χ0n) is 14.6. The van der Waals surface area contributed by atoms with E-state index in [1.54, 1.807) is 18.5 Å². The molecule has 0 saturated heterocycles. The average molecular weight is 404 g/mol. The highest BCUT2D eigenvalue weighted by atomic mass is 32.1. The predicted octanol–water partition coefficient (Wildman–Crippen LogP) is 2.29. The molecule has 0 aliphatic heterocycles. The summed E-state index contributed by atoms with van der Waals surface area (Å²) in [5, 5.41) is 7.84. The van der Waals surface area contributed by atoms with Gasteiger partial charge in [0.2, 0.25) is 5.91 Å². The molecule has 1 heterocycles. The molecule has 0 fully saturated rings. The summed E-state index contributed by atoms with van der Waals surface area (Å²) in [6.07, 6.45) is -4.98. The van der Waals surface area contributed by atoms with E-state index in [0.717, 1.165) is 16.0 Å². The van der Waals surface area contributed by atoms with Crippen LogP contribution in [0.3, 0.4) is 0 Å². The summed E-state index contributed by atoms with van der Waals surface area (Å²) in [5.74, 6) is -2.09. The Hall–Kier alpha value is -2.56. The van der Waals surface area contributed by atoms with Gasteiger partial charge in [-0.3, -0.25) is 9.59 Å². The van der Waals surface area contributed by atoms with Crippen molar-refractivity contribution in [2.45, 2.75) is 25.6 Å². The lowest BCUT2D eigenvalue weighted by atomic mass is 10.2. The van der Waals surface area contributed by atoms with Crippen molar-refractivity contribution in [1.82, 2.24) is 15.6 Å². The van der Waals surface area contributed by atoms with Gasteiger partial charge in [-0.15, -0.1) is 0 Å². The molecule has 11 heteroatoms. The van der Waals surface area contributed by atoms with Crippen molar-refractivity contribution >= 4 is 38.5 Å². The van der Waals surface area contributed by atoms with Gasteiger partial charge >= 0.3 is 12.1 Å². The minimum absolute atomic E-state index is 0.0424. The quantitative estimate of drug-likeness (QED) is 0.587. The van der Waals surface area contributed by atoms with Crippen molar-refractivity contribution in [1.29, 1.82) is 0 Å². The molecule has 0 aliphatic rings. The Bertz CT molecular complexity index is 810. The highest BCUT2D eigenvalue weighted by Crippen LogP contribution is 2.28. The minimum atomic E-state index is -5.02. The molecule has 1 aromatic heterocycles. The van der Waals surface area contributed by atoms with Crippen molar-refractivity contribution in [2.24, 2.45) is 0 Å². The third-order valence-corrected chi connectivity index (χ3v) is 4.56. The van der Waals surface area contributed by atoms with Gasteiger partial charge in [0.15, 0.2) is 5.13 Å². The number of benzene rings is 1. The van der Waals surface area contributed by atoms with Crippen molar-refractivity contribution in [3.8, 4) is 5.75 Å². The monoisotopic (exact) mass is 404 g/mol. The molecule has 2 aromatic rings. The second-order valence-corrected chi connectivity index (χ2v) is 6.53. The van der Waals surface area contributed by atoms with Crippen molar-refractivity contribution in [2.75, 3.05) is 25.5 Å². The Balaban J connectivity index is 1.81. The molecular formula is C16H19F3N4O3S. The van der Waals surface area contributed by atoms with E-state index in [1.165, 1.54) is 18.3 Å².